The summed E-state index contributed by atoms with van der Waals surface area (Å²) in [5, 5.41) is 4.63. The van der Waals surface area contributed by atoms with Crippen LogP contribution in [0.2, 0.25) is 0 Å². The lowest BCUT2D eigenvalue weighted by Crippen LogP contribution is -2.45. The van der Waals surface area contributed by atoms with Crippen molar-refractivity contribution in [3.63, 3.8) is 0 Å². The van der Waals surface area contributed by atoms with E-state index in [1.54, 1.807) is 10.5 Å². The zero-order chi connectivity index (χ0) is 22.0. The Kier molecular flexibility index (Phi) is 4.33. The average molecular weight is 430 g/mol. The molecule has 0 spiro atoms. The molecule has 4 aromatic rings. The fraction of sp³-hybridized carbons (Fsp3) is 0.417. The highest BCUT2D eigenvalue weighted by Gasteiger charge is 2.36. The van der Waals surface area contributed by atoms with Crippen molar-refractivity contribution in [3.05, 3.63) is 58.4 Å². The molecule has 2 unspecified atom stereocenters. The smallest absolute Gasteiger partial charge is 0.258 e. The molecule has 2 atom stereocenters. The zero-order valence-corrected chi connectivity index (χ0v) is 18.7. The van der Waals surface area contributed by atoms with Gasteiger partial charge in [-0.1, -0.05) is 0 Å². The van der Waals surface area contributed by atoms with Crippen molar-refractivity contribution < 1.29 is 0 Å². The van der Waals surface area contributed by atoms with E-state index in [1.807, 2.05) is 42.9 Å². The van der Waals surface area contributed by atoms with Gasteiger partial charge in [-0.2, -0.15) is 5.10 Å². The summed E-state index contributed by atoms with van der Waals surface area (Å²) >= 11 is 0. The van der Waals surface area contributed by atoms with Gasteiger partial charge in [0.15, 0.2) is 0 Å². The molecule has 2 aliphatic heterocycles. The largest absolute Gasteiger partial charge is 0.370 e. The molecule has 4 aromatic heterocycles. The van der Waals surface area contributed by atoms with Gasteiger partial charge in [0.25, 0.3) is 5.56 Å². The molecule has 8 heteroatoms. The number of anilines is 1. The Morgan fingerprint density at radius 2 is 1.88 bits per heavy atom. The van der Waals surface area contributed by atoms with Gasteiger partial charge in [-0.3, -0.25) is 14.2 Å². The molecule has 6 heterocycles. The van der Waals surface area contributed by atoms with Crippen molar-refractivity contribution in [2.75, 3.05) is 31.6 Å². The Hall–Kier alpha value is -3.26. The minimum absolute atomic E-state index is 0.0922. The zero-order valence-electron chi connectivity index (χ0n) is 18.7. The topological polar surface area (TPSA) is 71.0 Å². The summed E-state index contributed by atoms with van der Waals surface area (Å²) in [4.78, 5) is 27.2. The molecule has 0 N–H and O–H groups in total. The SMILES string of the molecule is Cc1cn2nc(-c3cc(=O)n4cc(N5CCC6C(CCN6C)C5)ccc4n3)cc2c(C)n1. The van der Waals surface area contributed by atoms with Crippen molar-refractivity contribution in [1.29, 1.82) is 0 Å². The Labute approximate surface area is 186 Å². The van der Waals surface area contributed by atoms with Crippen LogP contribution in [0.25, 0.3) is 22.6 Å². The van der Waals surface area contributed by atoms with Crippen LogP contribution in [0, 0.1) is 19.8 Å². The van der Waals surface area contributed by atoms with Crippen LogP contribution in [-0.2, 0) is 0 Å². The van der Waals surface area contributed by atoms with Crippen molar-refractivity contribution in [2.24, 2.45) is 5.92 Å². The van der Waals surface area contributed by atoms with E-state index in [-0.39, 0.29) is 5.56 Å². The fourth-order valence-electron chi connectivity index (χ4n) is 5.48. The predicted octanol–water partition coefficient (Wildman–Crippen LogP) is 2.55. The summed E-state index contributed by atoms with van der Waals surface area (Å²) in [5.74, 6) is 0.707. The second-order valence-electron chi connectivity index (χ2n) is 9.25. The molecule has 0 aromatic carbocycles. The normalized spacial score (nSPS) is 21.5. The number of aromatic nitrogens is 5. The first-order valence-electron chi connectivity index (χ1n) is 11.3. The summed E-state index contributed by atoms with van der Waals surface area (Å²) in [6.07, 6.45) is 6.25. The van der Waals surface area contributed by atoms with Crippen LogP contribution in [0.4, 0.5) is 5.69 Å². The lowest BCUT2D eigenvalue weighted by molar-refractivity contribution is 0.239. The molecule has 0 bridgehead atoms. The molecule has 2 fully saturated rings. The van der Waals surface area contributed by atoms with Gasteiger partial charge >= 0.3 is 0 Å². The van der Waals surface area contributed by atoms with Crippen LogP contribution in [0.15, 0.2) is 41.5 Å². The lowest BCUT2D eigenvalue weighted by Gasteiger charge is -2.38. The lowest BCUT2D eigenvalue weighted by atomic mass is 9.93. The van der Waals surface area contributed by atoms with Crippen LogP contribution in [-0.4, -0.2) is 61.6 Å². The van der Waals surface area contributed by atoms with E-state index in [1.165, 1.54) is 19.4 Å². The van der Waals surface area contributed by atoms with Crippen molar-refractivity contribution in [1.82, 2.24) is 28.9 Å². The molecule has 0 radical (unpaired) electrons. The minimum atomic E-state index is -0.0922. The van der Waals surface area contributed by atoms with E-state index in [9.17, 15) is 4.79 Å². The van der Waals surface area contributed by atoms with Gasteiger partial charge in [-0.25, -0.2) is 9.50 Å². The van der Waals surface area contributed by atoms with Gasteiger partial charge in [0.05, 0.1) is 34.5 Å². The highest BCUT2D eigenvalue weighted by molar-refractivity contribution is 5.66. The van der Waals surface area contributed by atoms with E-state index in [0.29, 0.717) is 29.0 Å². The fourth-order valence-corrected chi connectivity index (χ4v) is 5.48. The first-order chi connectivity index (χ1) is 15.5. The Morgan fingerprint density at radius 1 is 1.00 bits per heavy atom. The number of pyridine rings is 1. The Bertz CT molecular complexity index is 1410. The van der Waals surface area contributed by atoms with Crippen LogP contribution in [0.3, 0.4) is 0 Å². The number of hydrogen-bond donors (Lipinski definition) is 0. The van der Waals surface area contributed by atoms with E-state index < -0.39 is 0 Å². The molecule has 0 saturated carbocycles. The highest BCUT2D eigenvalue weighted by Crippen LogP contribution is 2.32. The van der Waals surface area contributed by atoms with Crippen molar-refractivity contribution in [2.45, 2.75) is 32.7 Å². The molecule has 0 amide bonds. The second kappa shape index (κ2) is 7.13. The molecule has 2 aliphatic rings. The highest BCUT2D eigenvalue weighted by atomic mass is 16.1. The van der Waals surface area contributed by atoms with Gasteiger partial charge in [0, 0.05) is 31.4 Å². The summed E-state index contributed by atoms with van der Waals surface area (Å²) in [6.45, 7) is 7.16. The Balaban J connectivity index is 1.35. The molecule has 6 rings (SSSR count). The predicted molar refractivity (Wildman–Crippen MR) is 124 cm³/mol. The molecule has 164 valence electrons. The average Bonchev–Trinajstić information content (AvgIpc) is 3.37. The van der Waals surface area contributed by atoms with E-state index in [4.69, 9.17) is 4.98 Å². The van der Waals surface area contributed by atoms with Crippen LogP contribution >= 0.6 is 0 Å². The van der Waals surface area contributed by atoms with Gasteiger partial charge in [0.1, 0.15) is 11.3 Å². The molecule has 8 nitrogen and oxygen atoms in total. The number of nitrogens with zero attached hydrogens (tertiary/aromatic N) is 7. The van der Waals surface area contributed by atoms with Crippen molar-refractivity contribution in [3.8, 4) is 11.4 Å². The first-order valence-corrected chi connectivity index (χ1v) is 11.3. The molecular weight excluding hydrogens is 402 g/mol. The summed E-state index contributed by atoms with van der Waals surface area (Å²) in [5.41, 5.74) is 5.62. The van der Waals surface area contributed by atoms with Gasteiger partial charge in [-0.15, -0.1) is 0 Å². The monoisotopic (exact) mass is 429 g/mol. The van der Waals surface area contributed by atoms with E-state index >= 15 is 0 Å². The first kappa shape index (κ1) is 19.4. The van der Waals surface area contributed by atoms with E-state index in [0.717, 1.165) is 35.7 Å². The number of rotatable bonds is 2. The van der Waals surface area contributed by atoms with Crippen molar-refractivity contribution >= 4 is 16.9 Å². The van der Waals surface area contributed by atoms with Crippen LogP contribution in [0.1, 0.15) is 24.2 Å². The van der Waals surface area contributed by atoms with E-state index in [2.05, 4.69) is 33.0 Å². The van der Waals surface area contributed by atoms with Crippen LogP contribution < -0.4 is 10.5 Å². The number of aryl methyl sites for hydroxylation is 2. The number of fused-ring (bicyclic) bond motifs is 3. The van der Waals surface area contributed by atoms with Crippen LogP contribution in [0.5, 0.6) is 0 Å². The molecular formula is C24H27N7O. The Morgan fingerprint density at radius 3 is 2.75 bits per heavy atom. The quantitative estimate of drug-likeness (QED) is 0.488. The second-order valence-corrected chi connectivity index (χ2v) is 9.25. The van der Waals surface area contributed by atoms with Gasteiger partial charge in [-0.05, 0) is 64.4 Å². The molecule has 2 saturated heterocycles. The number of likely N-dealkylation sites (tertiary alicyclic amines) is 1. The van der Waals surface area contributed by atoms with Gasteiger partial charge < -0.3 is 9.80 Å². The third-order valence-electron chi connectivity index (χ3n) is 7.14. The summed E-state index contributed by atoms with van der Waals surface area (Å²) in [6, 6.07) is 8.25. The minimum Gasteiger partial charge on any atom is -0.370 e. The third-order valence-corrected chi connectivity index (χ3v) is 7.14. The maximum atomic E-state index is 13.0. The van der Waals surface area contributed by atoms with Gasteiger partial charge in [0.2, 0.25) is 0 Å². The summed E-state index contributed by atoms with van der Waals surface area (Å²) < 4.78 is 3.46. The number of piperidine rings is 1. The molecule has 0 aliphatic carbocycles. The third kappa shape index (κ3) is 3.09. The standard InChI is InChI=1S/C24H27N7O/c1-15-12-31-22(16(2)25-15)10-20(27-31)19-11-24(32)30-14-18(4-5-23(30)26-19)29-9-7-21-17(13-29)6-8-28(21)3/h4-5,10-12,14,17,21H,6-9,13H2,1-3H3. The maximum absolute atomic E-state index is 13.0. The number of hydrogen-bond acceptors (Lipinski definition) is 6. The summed E-state index contributed by atoms with van der Waals surface area (Å²) in [7, 11) is 2.24. The molecule has 32 heavy (non-hydrogen) atoms. The maximum Gasteiger partial charge on any atom is 0.258 e.